The van der Waals surface area contributed by atoms with Crippen LogP contribution in [0.4, 0.5) is 11.4 Å². The van der Waals surface area contributed by atoms with Crippen LogP contribution in [-0.4, -0.2) is 23.4 Å². The molecule has 8 nitrogen and oxygen atoms in total. The Morgan fingerprint density at radius 2 is 2.00 bits per heavy atom. The minimum atomic E-state index is -0.557. The average molecular weight is 325 g/mol. The SMILES string of the molecule is O=C1COc2ccc(C(=O)Nc3ccc4oc(=O)[nH]c4c3)cc2N1. The van der Waals surface area contributed by atoms with E-state index in [4.69, 9.17) is 9.15 Å². The number of fused-ring (bicyclic) bond motifs is 2. The Morgan fingerprint density at radius 3 is 2.88 bits per heavy atom. The summed E-state index contributed by atoms with van der Waals surface area (Å²) in [5, 5.41) is 5.37. The molecule has 0 bridgehead atoms. The maximum absolute atomic E-state index is 12.4. The number of hydrogen-bond acceptors (Lipinski definition) is 5. The zero-order valence-corrected chi connectivity index (χ0v) is 12.2. The van der Waals surface area contributed by atoms with Crippen molar-refractivity contribution < 1.29 is 18.7 Å². The molecule has 24 heavy (non-hydrogen) atoms. The molecular weight excluding hydrogens is 314 g/mol. The zero-order valence-electron chi connectivity index (χ0n) is 12.2. The van der Waals surface area contributed by atoms with Crippen molar-refractivity contribution in [1.29, 1.82) is 0 Å². The molecule has 4 rings (SSSR count). The summed E-state index contributed by atoms with van der Waals surface area (Å²) in [5.41, 5.74) is 2.21. The van der Waals surface area contributed by atoms with E-state index in [1.54, 1.807) is 36.4 Å². The molecule has 0 unspecified atom stereocenters. The fourth-order valence-corrected chi connectivity index (χ4v) is 2.46. The normalized spacial score (nSPS) is 13.1. The number of anilines is 2. The van der Waals surface area contributed by atoms with E-state index in [1.807, 2.05) is 0 Å². The second-order valence-electron chi connectivity index (χ2n) is 5.23. The number of nitrogens with one attached hydrogen (secondary N) is 3. The van der Waals surface area contributed by atoms with Gasteiger partial charge in [0.05, 0.1) is 11.2 Å². The molecular formula is C16H11N3O5. The lowest BCUT2D eigenvalue weighted by molar-refractivity contribution is -0.118. The van der Waals surface area contributed by atoms with Crippen molar-refractivity contribution in [3.05, 3.63) is 52.5 Å². The highest BCUT2D eigenvalue weighted by Gasteiger charge is 2.18. The largest absolute Gasteiger partial charge is 0.482 e. The van der Waals surface area contributed by atoms with Gasteiger partial charge in [-0.2, -0.15) is 0 Å². The van der Waals surface area contributed by atoms with Gasteiger partial charge in [0.1, 0.15) is 5.75 Å². The van der Waals surface area contributed by atoms with Crippen molar-refractivity contribution >= 4 is 34.3 Å². The zero-order chi connectivity index (χ0) is 16.7. The van der Waals surface area contributed by atoms with Crippen LogP contribution in [0, 0.1) is 0 Å². The quantitative estimate of drug-likeness (QED) is 0.664. The fourth-order valence-electron chi connectivity index (χ4n) is 2.46. The first-order chi connectivity index (χ1) is 11.6. The van der Waals surface area contributed by atoms with E-state index in [2.05, 4.69) is 15.6 Å². The number of carbonyl (C=O) groups excluding carboxylic acids is 2. The summed E-state index contributed by atoms with van der Waals surface area (Å²) in [7, 11) is 0. The first kappa shape index (κ1) is 14.1. The highest BCUT2D eigenvalue weighted by Crippen LogP contribution is 2.28. The number of aromatic amines is 1. The summed E-state index contributed by atoms with van der Waals surface area (Å²) in [6.07, 6.45) is 0. The lowest BCUT2D eigenvalue weighted by atomic mass is 10.1. The van der Waals surface area contributed by atoms with E-state index in [9.17, 15) is 14.4 Å². The Hall–Kier alpha value is -3.55. The van der Waals surface area contributed by atoms with Crippen LogP contribution < -0.4 is 21.1 Å². The van der Waals surface area contributed by atoms with Crippen molar-refractivity contribution in [2.75, 3.05) is 17.2 Å². The molecule has 3 N–H and O–H groups in total. The molecule has 3 aromatic rings. The number of amides is 2. The molecule has 0 saturated carbocycles. The molecule has 0 spiro atoms. The Labute approximate surface area is 134 Å². The van der Waals surface area contributed by atoms with Gasteiger partial charge in [-0.1, -0.05) is 0 Å². The molecule has 1 aromatic heterocycles. The summed E-state index contributed by atoms with van der Waals surface area (Å²) in [6, 6.07) is 9.58. The smallest absolute Gasteiger partial charge is 0.417 e. The van der Waals surface area contributed by atoms with Crippen molar-refractivity contribution in [1.82, 2.24) is 4.98 Å². The molecule has 1 aliphatic heterocycles. The predicted octanol–water partition coefficient (Wildman–Crippen LogP) is 1.70. The summed E-state index contributed by atoms with van der Waals surface area (Å²) in [4.78, 5) is 37.4. The Kier molecular flexibility index (Phi) is 3.09. The first-order valence-corrected chi connectivity index (χ1v) is 7.09. The fraction of sp³-hybridized carbons (Fsp3) is 0.0625. The van der Waals surface area contributed by atoms with E-state index in [1.165, 1.54) is 0 Å². The van der Waals surface area contributed by atoms with Crippen molar-refractivity contribution in [2.24, 2.45) is 0 Å². The third kappa shape index (κ3) is 2.50. The van der Waals surface area contributed by atoms with Crippen LogP contribution in [0.1, 0.15) is 10.4 Å². The lowest BCUT2D eigenvalue weighted by Crippen LogP contribution is -2.25. The van der Waals surface area contributed by atoms with Crippen LogP contribution in [0.2, 0.25) is 0 Å². The van der Waals surface area contributed by atoms with Gasteiger partial charge in [0.2, 0.25) is 0 Å². The number of rotatable bonds is 2. The van der Waals surface area contributed by atoms with Crippen LogP contribution in [-0.2, 0) is 4.79 Å². The third-order valence-corrected chi connectivity index (χ3v) is 3.55. The topological polar surface area (TPSA) is 113 Å². The minimum absolute atomic E-state index is 0.0402. The van der Waals surface area contributed by atoms with Crippen molar-refractivity contribution in [3.63, 3.8) is 0 Å². The molecule has 0 radical (unpaired) electrons. The molecule has 2 aromatic carbocycles. The number of hydrogen-bond donors (Lipinski definition) is 3. The van der Waals surface area contributed by atoms with E-state index >= 15 is 0 Å². The van der Waals surface area contributed by atoms with Gasteiger partial charge < -0.3 is 19.8 Å². The van der Waals surface area contributed by atoms with E-state index < -0.39 is 5.76 Å². The highest BCUT2D eigenvalue weighted by atomic mass is 16.5. The standard InChI is InChI=1S/C16H11N3O5/c20-14-7-23-12-3-1-8(5-10(12)18-14)15(21)17-9-2-4-13-11(6-9)19-16(22)24-13/h1-6H,7H2,(H,17,21)(H,18,20)(H,19,22). The summed E-state index contributed by atoms with van der Waals surface area (Å²) >= 11 is 0. The van der Waals surface area contributed by atoms with Gasteiger partial charge in [0.15, 0.2) is 12.2 Å². The van der Waals surface area contributed by atoms with Gasteiger partial charge >= 0.3 is 5.76 Å². The van der Waals surface area contributed by atoms with Crippen LogP contribution in [0.25, 0.3) is 11.1 Å². The molecule has 0 fully saturated rings. The van der Waals surface area contributed by atoms with Crippen molar-refractivity contribution in [2.45, 2.75) is 0 Å². The number of oxazole rings is 1. The second-order valence-corrected chi connectivity index (χ2v) is 5.23. The van der Waals surface area contributed by atoms with Crippen LogP contribution >= 0.6 is 0 Å². The Balaban J connectivity index is 1.60. The number of carbonyl (C=O) groups is 2. The third-order valence-electron chi connectivity index (χ3n) is 3.55. The van der Waals surface area contributed by atoms with Crippen LogP contribution in [0.15, 0.2) is 45.6 Å². The second kappa shape index (κ2) is 5.27. The maximum atomic E-state index is 12.4. The maximum Gasteiger partial charge on any atom is 0.417 e. The predicted molar refractivity (Wildman–Crippen MR) is 85.4 cm³/mol. The molecule has 0 atom stereocenters. The number of H-pyrrole nitrogens is 1. The van der Waals surface area contributed by atoms with E-state index in [-0.39, 0.29) is 18.4 Å². The molecule has 120 valence electrons. The van der Waals surface area contributed by atoms with Crippen molar-refractivity contribution in [3.8, 4) is 5.75 Å². The summed E-state index contributed by atoms with van der Waals surface area (Å²) < 4.78 is 10.2. The summed E-state index contributed by atoms with van der Waals surface area (Å²) in [5.74, 6) is -0.667. The van der Waals surface area contributed by atoms with Gasteiger partial charge in [0, 0.05) is 11.3 Å². The Morgan fingerprint density at radius 1 is 1.12 bits per heavy atom. The monoisotopic (exact) mass is 325 g/mol. The van der Waals surface area contributed by atoms with Crippen LogP contribution in [0.3, 0.4) is 0 Å². The van der Waals surface area contributed by atoms with Gasteiger partial charge in [-0.25, -0.2) is 4.79 Å². The molecule has 1 aliphatic rings. The molecule has 8 heteroatoms. The molecule has 0 aliphatic carbocycles. The van der Waals surface area contributed by atoms with Gasteiger partial charge in [-0.05, 0) is 36.4 Å². The van der Waals surface area contributed by atoms with E-state index in [0.29, 0.717) is 33.8 Å². The number of aromatic nitrogens is 1. The van der Waals surface area contributed by atoms with E-state index in [0.717, 1.165) is 0 Å². The summed E-state index contributed by atoms with van der Waals surface area (Å²) in [6.45, 7) is -0.0402. The Bertz CT molecular complexity index is 1030. The van der Waals surface area contributed by atoms with Gasteiger partial charge in [-0.3, -0.25) is 14.6 Å². The highest BCUT2D eigenvalue weighted by molar-refractivity contribution is 6.06. The molecule has 2 heterocycles. The first-order valence-electron chi connectivity index (χ1n) is 7.09. The molecule has 2 amide bonds. The number of ether oxygens (including phenoxy) is 1. The average Bonchev–Trinajstić information content (AvgIpc) is 2.93. The van der Waals surface area contributed by atoms with Gasteiger partial charge in [0.25, 0.3) is 11.8 Å². The minimum Gasteiger partial charge on any atom is -0.482 e. The molecule has 0 saturated heterocycles. The number of benzene rings is 2. The lowest BCUT2D eigenvalue weighted by Gasteiger charge is -2.18. The van der Waals surface area contributed by atoms with Crippen LogP contribution in [0.5, 0.6) is 5.75 Å². The van der Waals surface area contributed by atoms with Gasteiger partial charge in [-0.15, -0.1) is 0 Å².